The lowest BCUT2D eigenvalue weighted by Crippen LogP contribution is -2.52. The van der Waals surface area contributed by atoms with E-state index in [1.54, 1.807) is 7.11 Å². The maximum absolute atomic E-state index is 12.2. The second kappa shape index (κ2) is 10.5. The third-order valence-corrected chi connectivity index (χ3v) is 4.79. The van der Waals surface area contributed by atoms with Crippen molar-refractivity contribution in [3.8, 4) is 5.75 Å². The molecule has 0 spiro atoms. The molecule has 1 heterocycles. The molecule has 0 saturated carbocycles. The van der Waals surface area contributed by atoms with Gasteiger partial charge in [0.25, 0.3) is 0 Å². The van der Waals surface area contributed by atoms with Crippen LogP contribution < -0.4 is 10.1 Å². The minimum atomic E-state index is -0.534. The second-order valence-corrected chi connectivity index (χ2v) is 8.36. The molecule has 2 atom stereocenters. The quantitative estimate of drug-likeness (QED) is 0.699. The van der Waals surface area contributed by atoms with Crippen molar-refractivity contribution in [1.82, 2.24) is 10.2 Å². The fraction of sp³-hybridized carbons (Fsp3) is 0.636. The lowest BCUT2D eigenvalue weighted by atomic mass is 9.95. The molecule has 7 nitrogen and oxygen atoms in total. The summed E-state index contributed by atoms with van der Waals surface area (Å²) in [5.74, 6) is 0.621. The van der Waals surface area contributed by atoms with Crippen LogP contribution in [0.3, 0.4) is 0 Å². The SMILES string of the molecule is CCOC(=O)C[C@@H]1CCC(NC(=O)OC(C)(C)C)CN1Cc1ccc(OC)cc1. The number of carbonyl (C=O) groups excluding carboxylic acids is 2. The monoisotopic (exact) mass is 406 g/mol. The fourth-order valence-electron chi connectivity index (χ4n) is 3.49. The van der Waals surface area contributed by atoms with E-state index in [0.717, 1.165) is 24.2 Å². The first-order valence-corrected chi connectivity index (χ1v) is 10.2. The van der Waals surface area contributed by atoms with Gasteiger partial charge < -0.3 is 19.5 Å². The first kappa shape index (κ1) is 23.0. The summed E-state index contributed by atoms with van der Waals surface area (Å²) < 4.78 is 15.8. The molecule has 1 saturated heterocycles. The van der Waals surface area contributed by atoms with Gasteiger partial charge in [-0.1, -0.05) is 12.1 Å². The first-order valence-electron chi connectivity index (χ1n) is 10.2. The highest BCUT2D eigenvalue weighted by molar-refractivity contribution is 5.70. The largest absolute Gasteiger partial charge is 0.497 e. The third-order valence-electron chi connectivity index (χ3n) is 4.79. The Kier molecular flexibility index (Phi) is 8.32. The maximum Gasteiger partial charge on any atom is 0.407 e. The Morgan fingerprint density at radius 3 is 2.45 bits per heavy atom. The van der Waals surface area contributed by atoms with E-state index >= 15 is 0 Å². The molecule has 162 valence electrons. The average Bonchev–Trinajstić information content (AvgIpc) is 2.63. The Bertz CT molecular complexity index is 669. The summed E-state index contributed by atoms with van der Waals surface area (Å²) in [6, 6.07) is 7.94. The highest BCUT2D eigenvalue weighted by Crippen LogP contribution is 2.24. The Morgan fingerprint density at radius 2 is 1.86 bits per heavy atom. The van der Waals surface area contributed by atoms with Crippen LogP contribution >= 0.6 is 0 Å². The number of amides is 1. The zero-order valence-electron chi connectivity index (χ0n) is 18.2. The van der Waals surface area contributed by atoms with Crippen molar-refractivity contribution in [2.45, 2.75) is 71.2 Å². The molecule has 0 radical (unpaired) electrons. The molecule has 1 fully saturated rings. The van der Waals surface area contributed by atoms with E-state index in [4.69, 9.17) is 14.2 Å². The van der Waals surface area contributed by atoms with Crippen LogP contribution in [-0.4, -0.2) is 54.9 Å². The minimum Gasteiger partial charge on any atom is -0.497 e. The van der Waals surface area contributed by atoms with Crippen molar-refractivity contribution < 1.29 is 23.8 Å². The van der Waals surface area contributed by atoms with E-state index < -0.39 is 11.7 Å². The highest BCUT2D eigenvalue weighted by Gasteiger charge is 2.31. The summed E-state index contributed by atoms with van der Waals surface area (Å²) in [7, 11) is 1.64. The van der Waals surface area contributed by atoms with Crippen molar-refractivity contribution >= 4 is 12.1 Å². The van der Waals surface area contributed by atoms with Crippen LogP contribution in [0.2, 0.25) is 0 Å². The second-order valence-electron chi connectivity index (χ2n) is 8.36. The zero-order valence-corrected chi connectivity index (χ0v) is 18.2. The third kappa shape index (κ3) is 7.93. The van der Waals surface area contributed by atoms with Crippen LogP contribution in [0.1, 0.15) is 52.5 Å². The Hall–Kier alpha value is -2.28. The molecular formula is C22H34N2O5. The van der Waals surface area contributed by atoms with Gasteiger partial charge in [-0.3, -0.25) is 9.69 Å². The van der Waals surface area contributed by atoms with Crippen molar-refractivity contribution in [2.24, 2.45) is 0 Å². The smallest absolute Gasteiger partial charge is 0.407 e. The van der Waals surface area contributed by atoms with Gasteiger partial charge in [0, 0.05) is 25.2 Å². The molecule has 7 heteroatoms. The number of nitrogens with one attached hydrogen (secondary N) is 1. The van der Waals surface area contributed by atoms with E-state index in [-0.39, 0.29) is 18.1 Å². The molecule has 1 aromatic rings. The van der Waals surface area contributed by atoms with Gasteiger partial charge in [-0.25, -0.2) is 4.79 Å². The van der Waals surface area contributed by atoms with E-state index in [2.05, 4.69) is 10.2 Å². The van der Waals surface area contributed by atoms with E-state index in [1.807, 2.05) is 52.0 Å². The fourth-order valence-corrected chi connectivity index (χ4v) is 3.49. The number of hydrogen-bond acceptors (Lipinski definition) is 6. The van der Waals surface area contributed by atoms with Crippen molar-refractivity contribution in [3.63, 3.8) is 0 Å². The first-order chi connectivity index (χ1) is 13.7. The van der Waals surface area contributed by atoms with Crippen molar-refractivity contribution in [3.05, 3.63) is 29.8 Å². The van der Waals surface area contributed by atoms with Gasteiger partial charge in [-0.2, -0.15) is 0 Å². The number of nitrogens with zero attached hydrogens (tertiary/aromatic N) is 1. The summed E-state index contributed by atoms with van der Waals surface area (Å²) in [6.45, 7) is 9.06. The normalized spacial score (nSPS) is 20.0. The molecule has 1 amide bonds. The lowest BCUT2D eigenvalue weighted by Gasteiger charge is -2.39. The van der Waals surface area contributed by atoms with Gasteiger partial charge in [0.05, 0.1) is 20.1 Å². The molecule has 1 aliphatic heterocycles. The molecule has 0 bridgehead atoms. The number of hydrogen-bond donors (Lipinski definition) is 1. The minimum absolute atomic E-state index is 0.0263. The zero-order chi connectivity index (χ0) is 21.4. The molecule has 0 aliphatic carbocycles. The topological polar surface area (TPSA) is 77.1 Å². The van der Waals surface area contributed by atoms with E-state index in [9.17, 15) is 9.59 Å². The van der Waals surface area contributed by atoms with Gasteiger partial charge in [0.15, 0.2) is 0 Å². The summed E-state index contributed by atoms with van der Waals surface area (Å²) in [5.41, 5.74) is 0.589. The lowest BCUT2D eigenvalue weighted by molar-refractivity contribution is -0.145. The van der Waals surface area contributed by atoms with Crippen molar-refractivity contribution in [1.29, 1.82) is 0 Å². The molecule has 29 heavy (non-hydrogen) atoms. The van der Waals surface area contributed by atoms with E-state index in [1.165, 1.54) is 0 Å². The van der Waals surface area contributed by atoms with Gasteiger partial charge in [-0.15, -0.1) is 0 Å². The molecular weight excluding hydrogens is 372 g/mol. The predicted molar refractivity (Wildman–Crippen MR) is 111 cm³/mol. The summed E-state index contributed by atoms with van der Waals surface area (Å²) in [4.78, 5) is 26.5. The van der Waals surface area contributed by atoms with Gasteiger partial charge in [-0.05, 0) is 58.2 Å². The standard InChI is InChI=1S/C22H34N2O5/c1-6-28-20(25)13-18-10-9-17(23-21(26)29-22(2,3)4)15-24(18)14-16-7-11-19(27-5)12-8-16/h7-8,11-12,17-18H,6,9-10,13-15H2,1-5H3,(H,23,26)/t17?,18-/m0/s1. The van der Waals surface area contributed by atoms with Crippen LogP contribution in [0.25, 0.3) is 0 Å². The number of alkyl carbamates (subject to hydrolysis) is 1. The number of benzene rings is 1. The maximum atomic E-state index is 12.2. The number of esters is 1. The Morgan fingerprint density at radius 1 is 1.17 bits per heavy atom. The van der Waals surface area contributed by atoms with Crippen LogP contribution in [0.15, 0.2) is 24.3 Å². The molecule has 1 aliphatic rings. The number of ether oxygens (including phenoxy) is 3. The average molecular weight is 407 g/mol. The van der Waals surface area contributed by atoms with Gasteiger partial charge in [0.2, 0.25) is 0 Å². The highest BCUT2D eigenvalue weighted by atomic mass is 16.6. The van der Waals surface area contributed by atoms with Gasteiger partial charge >= 0.3 is 12.1 Å². The molecule has 1 aromatic carbocycles. The predicted octanol–water partition coefficient (Wildman–Crippen LogP) is 3.51. The summed E-state index contributed by atoms with van der Waals surface area (Å²) in [5, 5.41) is 2.97. The summed E-state index contributed by atoms with van der Waals surface area (Å²) in [6.07, 6.45) is 1.54. The Labute approximate surface area is 173 Å². The number of piperidine rings is 1. The van der Waals surface area contributed by atoms with Crippen molar-refractivity contribution in [2.75, 3.05) is 20.3 Å². The van der Waals surface area contributed by atoms with Crippen LogP contribution in [-0.2, 0) is 20.8 Å². The van der Waals surface area contributed by atoms with Crippen LogP contribution in [0.4, 0.5) is 4.79 Å². The van der Waals surface area contributed by atoms with E-state index in [0.29, 0.717) is 26.1 Å². The summed E-state index contributed by atoms with van der Waals surface area (Å²) >= 11 is 0. The molecule has 1 N–H and O–H groups in total. The molecule has 1 unspecified atom stereocenters. The number of methoxy groups -OCH3 is 1. The molecule has 0 aromatic heterocycles. The number of rotatable bonds is 7. The van der Waals surface area contributed by atoms with Crippen LogP contribution in [0.5, 0.6) is 5.75 Å². The Balaban J connectivity index is 2.05. The number of likely N-dealkylation sites (tertiary alicyclic amines) is 1. The van der Waals surface area contributed by atoms with Gasteiger partial charge in [0.1, 0.15) is 11.4 Å². The number of carbonyl (C=O) groups is 2. The molecule has 2 rings (SSSR count). The van der Waals surface area contributed by atoms with Crippen LogP contribution in [0, 0.1) is 0 Å².